The minimum Gasteiger partial charge on any atom is -0.490 e. The minimum atomic E-state index is -1.46. The van der Waals surface area contributed by atoms with Gasteiger partial charge in [0, 0.05) is 16.5 Å². The van der Waals surface area contributed by atoms with Crippen LogP contribution in [0.5, 0.6) is 11.5 Å². The van der Waals surface area contributed by atoms with E-state index >= 15 is 0 Å². The molecule has 0 radical (unpaired) electrons. The molecule has 2 atom stereocenters. The second kappa shape index (κ2) is 9.55. The summed E-state index contributed by atoms with van der Waals surface area (Å²) in [5.74, 6) is 1.24. The molecule has 0 saturated heterocycles. The average Bonchev–Trinajstić information content (AvgIpc) is 3.45. The van der Waals surface area contributed by atoms with Crippen molar-refractivity contribution in [2.75, 3.05) is 13.2 Å². The number of benzene rings is 2. The first kappa shape index (κ1) is 21.4. The molecule has 0 fully saturated rings. The fraction of sp³-hybridized carbons (Fsp3) is 0.286. The lowest BCUT2D eigenvalue weighted by atomic mass is 9.94. The van der Waals surface area contributed by atoms with Gasteiger partial charge in [0.05, 0.1) is 12.3 Å². The number of hydrogen-bond acceptors (Lipinski definition) is 7. The first-order valence-electron chi connectivity index (χ1n) is 9.55. The van der Waals surface area contributed by atoms with E-state index in [1.807, 2.05) is 0 Å². The Hall–Kier alpha value is -2.81. The lowest BCUT2D eigenvalue weighted by molar-refractivity contribution is 0.0349. The molecule has 1 aromatic heterocycles. The van der Waals surface area contributed by atoms with Crippen molar-refractivity contribution < 1.29 is 19.4 Å². The first-order chi connectivity index (χ1) is 15.0. The Morgan fingerprint density at radius 1 is 1.03 bits per heavy atom. The molecule has 0 saturated carbocycles. The van der Waals surface area contributed by atoms with Gasteiger partial charge in [0.1, 0.15) is 37.4 Å². The van der Waals surface area contributed by atoms with E-state index < -0.39 is 5.60 Å². The summed E-state index contributed by atoms with van der Waals surface area (Å²) < 4.78 is 13.1. The summed E-state index contributed by atoms with van der Waals surface area (Å²) in [5, 5.41) is 20.9. The lowest BCUT2D eigenvalue weighted by Crippen LogP contribution is -2.48. The van der Waals surface area contributed by atoms with Crippen LogP contribution in [0.1, 0.15) is 6.42 Å². The first-order valence-corrected chi connectivity index (χ1v) is 10.3. The third-order valence-corrected chi connectivity index (χ3v) is 5.21. The fourth-order valence-electron chi connectivity index (χ4n) is 3.05. The second-order valence-corrected chi connectivity index (χ2v) is 7.97. The molecule has 2 unspecified atom stereocenters. The molecular formula is C21H20Cl2N4O4. The number of rotatable bonds is 9. The highest BCUT2D eigenvalue weighted by atomic mass is 35.5. The van der Waals surface area contributed by atoms with Crippen LogP contribution in [0.3, 0.4) is 0 Å². The van der Waals surface area contributed by atoms with Gasteiger partial charge in [-0.3, -0.25) is 0 Å². The normalized spacial score (nSPS) is 17.5. The van der Waals surface area contributed by atoms with Crippen LogP contribution in [-0.4, -0.2) is 50.5 Å². The number of ether oxygens (including phenoxy) is 2. The van der Waals surface area contributed by atoms with E-state index in [1.165, 1.54) is 17.3 Å². The standard InChI is InChI=1S/C21H20Cl2N4O4/c22-15-1-5-17(6-2-15)29-10-19-9-20(26-31-19)21(28,11-27-14-24-13-25-27)12-30-18-7-3-16(23)4-8-18/h1-8,13-14,19,28H,9-12H2. The van der Waals surface area contributed by atoms with E-state index in [2.05, 4.69) is 15.2 Å². The molecule has 3 aromatic rings. The Morgan fingerprint density at radius 3 is 2.29 bits per heavy atom. The number of hydrogen-bond donors (Lipinski definition) is 1. The van der Waals surface area contributed by atoms with E-state index in [0.717, 1.165) is 0 Å². The molecule has 10 heteroatoms. The van der Waals surface area contributed by atoms with Gasteiger partial charge >= 0.3 is 0 Å². The van der Waals surface area contributed by atoms with Crippen LogP contribution in [-0.2, 0) is 11.4 Å². The summed E-state index contributed by atoms with van der Waals surface area (Å²) in [5.41, 5.74) is -1.01. The third kappa shape index (κ3) is 5.66. The molecule has 8 nitrogen and oxygen atoms in total. The maximum Gasteiger partial charge on any atom is 0.166 e. The van der Waals surface area contributed by atoms with Crippen LogP contribution in [0.15, 0.2) is 66.3 Å². The highest BCUT2D eigenvalue weighted by Crippen LogP contribution is 2.25. The molecule has 0 bridgehead atoms. The molecule has 1 aliphatic rings. The molecule has 2 heterocycles. The van der Waals surface area contributed by atoms with E-state index in [0.29, 0.717) is 33.7 Å². The average molecular weight is 463 g/mol. The third-order valence-electron chi connectivity index (χ3n) is 4.70. The summed E-state index contributed by atoms with van der Waals surface area (Å²) in [7, 11) is 0. The monoisotopic (exact) mass is 462 g/mol. The molecule has 0 amide bonds. The number of nitrogens with zero attached hydrogens (tertiary/aromatic N) is 4. The van der Waals surface area contributed by atoms with Crippen molar-refractivity contribution in [2.24, 2.45) is 5.16 Å². The highest BCUT2D eigenvalue weighted by molar-refractivity contribution is 6.30. The minimum absolute atomic E-state index is 0.0541. The zero-order chi connectivity index (χ0) is 21.7. The SMILES string of the molecule is OC(COc1ccc(Cl)cc1)(Cn1cncn1)C1=NOC(COc2ccc(Cl)cc2)C1. The van der Waals surface area contributed by atoms with Gasteiger partial charge < -0.3 is 19.4 Å². The Labute approximate surface area is 189 Å². The smallest absolute Gasteiger partial charge is 0.166 e. The van der Waals surface area contributed by atoms with Gasteiger partial charge in [-0.25, -0.2) is 9.67 Å². The maximum atomic E-state index is 11.4. The Balaban J connectivity index is 1.40. The Kier molecular flexibility index (Phi) is 6.60. The number of oxime groups is 1. The van der Waals surface area contributed by atoms with Crippen molar-refractivity contribution in [3.63, 3.8) is 0 Å². The molecule has 162 valence electrons. The fourth-order valence-corrected chi connectivity index (χ4v) is 3.30. The van der Waals surface area contributed by atoms with Crippen LogP contribution in [0.4, 0.5) is 0 Å². The van der Waals surface area contributed by atoms with Crippen molar-refractivity contribution in [3.05, 3.63) is 71.2 Å². The predicted octanol–water partition coefficient (Wildman–Crippen LogP) is 3.62. The predicted molar refractivity (Wildman–Crippen MR) is 116 cm³/mol. The summed E-state index contributed by atoms with van der Waals surface area (Å²) in [6.45, 7) is 0.321. The van der Waals surface area contributed by atoms with E-state index in [9.17, 15) is 5.11 Å². The number of halogens is 2. The van der Waals surface area contributed by atoms with Gasteiger partial charge in [-0.05, 0) is 48.5 Å². The van der Waals surface area contributed by atoms with Crippen LogP contribution >= 0.6 is 23.2 Å². The molecular weight excluding hydrogens is 443 g/mol. The quantitative estimate of drug-likeness (QED) is 0.522. The lowest BCUT2D eigenvalue weighted by Gasteiger charge is -2.27. The number of aliphatic hydroxyl groups is 1. The molecule has 1 N–H and O–H groups in total. The highest BCUT2D eigenvalue weighted by Gasteiger charge is 2.41. The summed E-state index contributed by atoms with van der Waals surface area (Å²) >= 11 is 11.8. The number of aromatic nitrogens is 3. The van der Waals surface area contributed by atoms with Crippen LogP contribution in [0, 0.1) is 0 Å². The van der Waals surface area contributed by atoms with Crippen LogP contribution in [0.2, 0.25) is 10.0 Å². The van der Waals surface area contributed by atoms with Crippen molar-refractivity contribution in [1.82, 2.24) is 14.8 Å². The summed E-state index contributed by atoms with van der Waals surface area (Å²) in [6, 6.07) is 13.9. The van der Waals surface area contributed by atoms with Gasteiger partial charge in [-0.2, -0.15) is 5.10 Å². The summed E-state index contributed by atoms with van der Waals surface area (Å²) in [4.78, 5) is 9.43. The van der Waals surface area contributed by atoms with Gasteiger partial charge in [0.15, 0.2) is 11.7 Å². The van der Waals surface area contributed by atoms with Gasteiger partial charge in [0.2, 0.25) is 0 Å². The molecule has 0 spiro atoms. The molecule has 1 aliphatic heterocycles. The zero-order valence-electron chi connectivity index (χ0n) is 16.4. The zero-order valence-corrected chi connectivity index (χ0v) is 17.9. The molecule has 0 aliphatic carbocycles. The van der Waals surface area contributed by atoms with E-state index in [-0.39, 0.29) is 25.9 Å². The maximum absolute atomic E-state index is 11.4. The van der Waals surface area contributed by atoms with Crippen molar-refractivity contribution in [1.29, 1.82) is 0 Å². The van der Waals surface area contributed by atoms with Gasteiger partial charge in [-0.15, -0.1) is 0 Å². The Bertz CT molecular complexity index is 1010. The molecule has 2 aromatic carbocycles. The molecule has 31 heavy (non-hydrogen) atoms. The van der Waals surface area contributed by atoms with Gasteiger partial charge in [0.25, 0.3) is 0 Å². The van der Waals surface area contributed by atoms with Crippen LogP contribution < -0.4 is 9.47 Å². The second-order valence-electron chi connectivity index (χ2n) is 7.10. The van der Waals surface area contributed by atoms with Crippen molar-refractivity contribution in [3.8, 4) is 11.5 Å². The van der Waals surface area contributed by atoms with Crippen LogP contribution in [0.25, 0.3) is 0 Å². The van der Waals surface area contributed by atoms with E-state index in [1.54, 1.807) is 48.5 Å². The topological polar surface area (TPSA) is 91.0 Å². The summed E-state index contributed by atoms with van der Waals surface area (Å²) in [6.07, 6.45) is 2.95. The molecule has 4 rings (SSSR count). The van der Waals surface area contributed by atoms with Crippen molar-refractivity contribution in [2.45, 2.75) is 24.7 Å². The largest absolute Gasteiger partial charge is 0.490 e. The Morgan fingerprint density at radius 2 is 1.68 bits per heavy atom. The van der Waals surface area contributed by atoms with Gasteiger partial charge in [-0.1, -0.05) is 28.4 Å². The van der Waals surface area contributed by atoms with Crippen molar-refractivity contribution >= 4 is 28.9 Å². The van der Waals surface area contributed by atoms with E-state index in [4.69, 9.17) is 37.5 Å².